The van der Waals surface area contributed by atoms with Crippen molar-refractivity contribution in [2.75, 3.05) is 19.6 Å². The van der Waals surface area contributed by atoms with Crippen molar-refractivity contribution in [3.8, 4) is 12.3 Å². The van der Waals surface area contributed by atoms with E-state index in [0.717, 1.165) is 23.4 Å². The minimum Gasteiger partial charge on any atom is -0.333 e. The zero-order valence-electron chi connectivity index (χ0n) is 12.5. The van der Waals surface area contributed by atoms with Gasteiger partial charge in [-0.15, -0.1) is 6.42 Å². The predicted octanol–water partition coefficient (Wildman–Crippen LogP) is 2.46. The molecule has 2 fully saturated rings. The van der Waals surface area contributed by atoms with Gasteiger partial charge in [0.25, 0.3) is 0 Å². The number of carbonyl (C=O) groups is 1. The molecule has 23 heavy (non-hydrogen) atoms. The summed E-state index contributed by atoms with van der Waals surface area (Å²) in [6.07, 6.45) is 1.63. The Morgan fingerprint density at radius 3 is 2.57 bits per heavy atom. The van der Waals surface area contributed by atoms with Crippen LogP contribution in [0.5, 0.6) is 0 Å². The molecule has 2 heterocycles. The molecule has 3 nitrogen and oxygen atoms in total. The highest BCUT2D eigenvalue weighted by Gasteiger charge is 2.50. The Bertz CT molecular complexity index is 623. The molecule has 6 heteroatoms. The number of nitrogens with zero attached hydrogens (tertiary/aromatic N) is 2. The van der Waals surface area contributed by atoms with Crippen LogP contribution < -0.4 is 0 Å². The van der Waals surface area contributed by atoms with Crippen molar-refractivity contribution in [1.82, 2.24) is 9.80 Å². The maximum absolute atomic E-state index is 12.6. The number of hydrogen-bond acceptors (Lipinski definition) is 2. The third-order valence-corrected chi connectivity index (χ3v) is 4.73. The summed E-state index contributed by atoms with van der Waals surface area (Å²) in [4.78, 5) is 14.4. The molecule has 2 aliphatic rings. The van der Waals surface area contributed by atoms with Crippen LogP contribution in [0.1, 0.15) is 18.0 Å². The number of benzene rings is 1. The van der Waals surface area contributed by atoms with E-state index in [1.54, 1.807) is 0 Å². The van der Waals surface area contributed by atoms with Gasteiger partial charge in [-0.1, -0.05) is 36.3 Å². The molecule has 1 amide bonds. The van der Waals surface area contributed by atoms with Crippen LogP contribution in [0, 0.1) is 18.3 Å². The van der Waals surface area contributed by atoms with Crippen LogP contribution in [-0.2, 0) is 4.79 Å². The summed E-state index contributed by atoms with van der Waals surface area (Å²) in [5, 5.41) is 0. The number of carbonyl (C=O) groups excluding carboxylic acids is 1. The first-order valence-electron chi connectivity index (χ1n) is 7.54. The average Bonchev–Trinajstić information content (AvgIpc) is 3.09. The average molecular weight is 322 g/mol. The minimum absolute atomic E-state index is 0.0564. The highest BCUT2D eigenvalue weighted by molar-refractivity contribution is 5.82. The highest BCUT2D eigenvalue weighted by atomic mass is 19.4. The summed E-state index contributed by atoms with van der Waals surface area (Å²) in [6, 6.07) is 9.14. The van der Waals surface area contributed by atoms with Crippen molar-refractivity contribution in [2.45, 2.75) is 24.7 Å². The van der Waals surface area contributed by atoms with E-state index >= 15 is 0 Å². The number of halogens is 3. The number of terminal acetylenes is 1. The van der Waals surface area contributed by atoms with E-state index in [1.807, 2.05) is 30.3 Å². The van der Waals surface area contributed by atoms with E-state index in [1.165, 1.54) is 0 Å². The van der Waals surface area contributed by atoms with Gasteiger partial charge in [0.2, 0.25) is 0 Å². The first kappa shape index (κ1) is 15.9. The van der Waals surface area contributed by atoms with E-state index in [0.29, 0.717) is 0 Å². The Morgan fingerprint density at radius 2 is 1.96 bits per heavy atom. The monoisotopic (exact) mass is 322 g/mol. The van der Waals surface area contributed by atoms with Gasteiger partial charge < -0.3 is 4.90 Å². The molecular formula is C17H17F3N2O. The van der Waals surface area contributed by atoms with Gasteiger partial charge >= 0.3 is 12.1 Å². The smallest absolute Gasteiger partial charge is 0.333 e. The number of likely N-dealkylation sites (tertiary alicyclic amines) is 2. The van der Waals surface area contributed by atoms with Gasteiger partial charge in [0.15, 0.2) is 0 Å². The predicted molar refractivity (Wildman–Crippen MR) is 79.3 cm³/mol. The number of amides is 1. The third kappa shape index (κ3) is 2.93. The van der Waals surface area contributed by atoms with Crippen molar-refractivity contribution in [3.63, 3.8) is 0 Å². The van der Waals surface area contributed by atoms with E-state index in [4.69, 9.17) is 6.42 Å². The molecule has 1 aromatic carbocycles. The molecular weight excluding hydrogens is 305 g/mol. The molecule has 2 saturated heterocycles. The Hall–Kier alpha value is -2.00. The maximum atomic E-state index is 12.6. The first-order valence-corrected chi connectivity index (χ1v) is 7.54. The lowest BCUT2D eigenvalue weighted by molar-refractivity contribution is -0.184. The van der Waals surface area contributed by atoms with E-state index in [-0.39, 0.29) is 31.1 Å². The minimum atomic E-state index is -4.81. The molecule has 0 radical (unpaired) electrons. The van der Waals surface area contributed by atoms with Gasteiger partial charge in [0.05, 0.1) is 6.04 Å². The SMILES string of the molecule is C#C[C@H](c1ccccc1)N1CC[C@H]2CN(C(=O)C(F)(F)F)C[C@H]21. The summed E-state index contributed by atoms with van der Waals surface area (Å²) in [5.41, 5.74) is 0.955. The summed E-state index contributed by atoms with van der Waals surface area (Å²) < 4.78 is 37.9. The molecule has 0 bridgehead atoms. The fourth-order valence-corrected chi connectivity index (χ4v) is 3.68. The van der Waals surface area contributed by atoms with Gasteiger partial charge in [0, 0.05) is 25.7 Å². The number of hydrogen-bond donors (Lipinski definition) is 0. The van der Waals surface area contributed by atoms with Crippen LogP contribution in [0.4, 0.5) is 13.2 Å². The third-order valence-electron chi connectivity index (χ3n) is 4.73. The summed E-state index contributed by atoms with van der Waals surface area (Å²) >= 11 is 0. The largest absolute Gasteiger partial charge is 0.471 e. The van der Waals surface area contributed by atoms with Crippen LogP contribution >= 0.6 is 0 Å². The number of rotatable bonds is 2. The summed E-state index contributed by atoms with van der Waals surface area (Å²) in [5.74, 6) is 1.06. The summed E-state index contributed by atoms with van der Waals surface area (Å²) in [6.45, 7) is 0.993. The molecule has 0 aliphatic carbocycles. The molecule has 1 aromatic rings. The second-order valence-electron chi connectivity index (χ2n) is 6.04. The highest BCUT2D eigenvalue weighted by Crippen LogP contribution is 2.38. The maximum Gasteiger partial charge on any atom is 0.471 e. The molecule has 3 atom stereocenters. The molecule has 0 saturated carbocycles. The molecule has 2 aliphatic heterocycles. The Balaban J connectivity index is 1.77. The quantitative estimate of drug-likeness (QED) is 0.781. The Morgan fingerprint density at radius 1 is 1.26 bits per heavy atom. The van der Waals surface area contributed by atoms with E-state index in [2.05, 4.69) is 10.8 Å². The zero-order valence-corrected chi connectivity index (χ0v) is 12.5. The molecule has 0 aromatic heterocycles. The fourth-order valence-electron chi connectivity index (χ4n) is 3.68. The lowest BCUT2D eigenvalue weighted by atomic mass is 10.0. The Kier molecular flexibility index (Phi) is 4.07. The van der Waals surface area contributed by atoms with Gasteiger partial charge in [-0.05, 0) is 17.9 Å². The van der Waals surface area contributed by atoms with Crippen LogP contribution in [0.3, 0.4) is 0 Å². The molecule has 122 valence electrons. The van der Waals surface area contributed by atoms with E-state index in [9.17, 15) is 18.0 Å². The van der Waals surface area contributed by atoms with Crippen LogP contribution in [0.15, 0.2) is 30.3 Å². The molecule has 0 spiro atoms. The van der Waals surface area contributed by atoms with Gasteiger partial charge in [0.1, 0.15) is 0 Å². The van der Waals surface area contributed by atoms with Crippen LogP contribution in [0.2, 0.25) is 0 Å². The normalized spacial score (nSPS) is 25.9. The topological polar surface area (TPSA) is 23.6 Å². The van der Waals surface area contributed by atoms with Crippen molar-refractivity contribution in [2.24, 2.45) is 5.92 Å². The van der Waals surface area contributed by atoms with Crippen molar-refractivity contribution in [1.29, 1.82) is 0 Å². The van der Waals surface area contributed by atoms with Crippen LogP contribution in [-0.4, -0.2) is 47.6 Å². The zero-order chi connectivity index (χ0) is 16.6. The second-order valence-corrected chi connectivity index (χ2v) is 6.04. The van der Waals surface area contributed by atoms with Crippen molar-refractivity contribution >= 4 is 5.91 Å². The number of fused-ring (bicyclic) bond motifs is 1. The summed E-state index contributed by atoms with van der Waals surface area (Å²) in [7, 11) is 0. The van der Waals surface area contributed by atoms with Crippen LogP contribution in [0.25, 0.3) is 0 Å². The van der Waals surface area contributed by atoms with Crippen molar-refractivity contribution in [3.05, 3.63) is 35.9 Å². The lowest BCUT2D eigenvalue weighted by Gasteiger charge is -2.30. The molecule has 3 rings (SSSR count). The van der Waals surface area contributed by atoms with E-state index < -0.39 is 12.1 Å². The Labute approximate surface area is 133 Å². The number of alkyl halides is 3. The molecule has 0 unspecified atom stereocenters. The first-order chi connectivity index (χ1) is 10.9. The standard InChI is InChI=1S/C17H17F3N2O/c1-2-14(12-6-4-3-5-7-12)22-9-8-13-10-21(11-15(13)22)16(23)17(18,19)20/h1,3-7,13-15H,8-11H2/t13-,14+,15+/m0/s1. The van der Waals surface area contributed by atoms with Gasteiger partial charge in [-0.2, -0.15) is 13.2 Å². The van der Waals surface area contributed by atoms with Gasteiger partial charge in [-0.3, -0.25) is 9.69 Å². The van der Waals surface area contributed by atoms with Gasteiger partial charge in [-0.25, -0.2) is 0 Å². The fraction of sp³-hybridized carbons (Fsp3) is 0.471. The van der Waals surface area contributed by atoms with Crippen molar-refractivity contribution < 1.29 is 18.0 Å². The lowest BCUT2D eigenvalue weighted by Crippen LogP contribution is -2.43. The molecule has 0 N–H and O–H groups in total. The second kappa shape index (κ2) is 5.89.